The van der Waals surface area contributed by atoms with Crippen molar-refractivity contribution in [1.29, 1.82) is 0 Å². The molecule has 22 atom stereocenters. The summed E-state index contributed by atoms with van der Waals surface area (Å²) in [6.07, 6.45) is 97.7. The van der Waals surface area contributed by atoms with Crippen molar-refractivity contribution in [2.75, 3.05) is 0 Å². The molecule has 18 aliphatic carbocycles. The molecule has 0 aliphatic heterocycles. The van der Waals surface area contributed by atoms with Gasteiger partial charge in [0.25, 0.3) is 0 Å². The zero-order valence-electron chi connectivity index (χ0n) is 70.4. The van der Waals surface area contributed by atoms with Gasteiger partial charge in [-0.05, 0) is 265 Å². The van der Waals surface area contributed by atoms with Gasteiger partial charge < -0.3 is 0 Å². The van der Waals surface area contributed by atoms with E-state index in [1.165, 1.54) is 101 Å². The Labute approximate surface area is 649 Å². The van der Waals surface area contributed by atoms with E-state index < -0.39 is 0 Å². The summed E-state index contributed by atoms with van der Waals surface area (Å²) in [6.45, 7) is 48.5. The predicted molar refractivity (Wildman–Crippen MR) is 458 cm³/mol. The van der Waals surface area contributed by atoms with Crippen molar-refractivity contribution in [1.82, 2.24) is 0 Å². The summed E-state index contributed by atoms with van der Waals surface area (Å²) >= 11 is 0. The van der Waals surface area contributed by atoms with E-state index in [1.54, 1.807) is 33.4 Å². The Bertz CT molecular complexity index is 3720. The summed E-state index contributed by atoms with van der Waals surface area (Å²) in [7, 11) is 0. The van der Waals surface area contributed by atoms with Crippen molar-refractivity contribution in [3.05, 3.63) is 239 Å². The van der Waals surface area contributed by atoms with Gasteiger partial charge in [0.2, 0.25) is 0 Å². The van der Waals surface area contributed by atoms with Gasteiger partial charge in [-0.3, -0.25) is 0 Å². The van der Waals surface area contributed by atoms with Gasteiger partial charge in [0.05, 0.1) is 0 Å². The quantitative estimate of drug-likeness (QED) is 0.223. The molecule has 0 N–H and O–H groups in total. The molecule has 8 fully saturated rings. The molecule has 0 aromatic carbocycles. The Balaban J connectivity index is 0.000000113. The van der Waals surface area contributed by atoms with Crippen molar-refractivity contribution < 1.29 is 0 Å². The largest absolute Gasteiger partial charge is 0.0805 e. The standard InChI is InChI=1S/C30H44.C22H32.C20H26.C20H28.C14H16/c1-18-19-14-23-25(29(6,7)12-10-27(23,2)3)16-21(19)22-17-26-24(15-20(18)22)28(4,5)11-13-30(26,8)9;1-14-19-12-15(21(2,3)4)8-10-17(19)18-11-9-16(13-20(14)18)22(5,6)7;1-14-17-8-4-5-9-18(17)19-11-10-16(13-20(14)19)12-15-6-2-3-7-15;1-3-4-5-6-9-16-12-13-19-18-11-8-7-10-17(18)15(2)20(19)14-16;1-10-11-6-2-4-8-13(11)14-9-5-3-7-12(10)14/h14-22H,10-13H2,1-9H3;8-14,17-20H,1-7H3;4-5,8-11,13-15,17-20H,2-3,6-7,12H2,1H3;7-8,10-15,17-20H,3-6,9H2,1-2H3;2-14H,1H3. The fourth-order valence-corrected chi connectivity index (χ4v) is 25.1. The first-order valence-electron chi connectivity index (χ1n) is 44.2. The highest BCUT2D eigenvalue weighted by Crippen LogP contribution is 2.65. The van der Waals surface area contributed by atoms with Crippen LogP contribution < -0.4 is 0 Å². The molecule has 0 heteroatoms. The molecule has 22 unspecified atom stereocenters. The molecule has 570 valence electrons. The molecular formula is C106H146. The van der Waals surface area contributed by atoms with Crippen LogP contribution >= 0.6 is 0 Å². The monoisotopic (exact) mass is 1420 g/mol. The van der Waals surface area contributed by atoms with Crippen LogP contribution in [0.1, 0.15) is 228 Å². The number of rotatable bonds is 7. The van der Waals surface area contributed by atoms with Crippen LogP contribution in [0.3, 0.4) is 0 Å². The number of unbranched alkanes of at least 4 members (excludes halogenated alkanes) is 3. The molecule has 106 heavy (non-hydrogen) atoms. The molecule has 18 rings (SSSR count). The fourth-order valence-electron chi connectivity index (χ4n) is 25.1. The molecular weight excluding hydrogens is 1270 g/mol. The Morgan fingerprint density at radius 3 is 0.915 bits per heavy atom. The van der Waals surface area contributed by atoms with Crippen LogP contribution in [0.15, 0.2) is 239 Å². The first kappa shape index (κ1) is 77.5. The molecule has 0 amide bonds. The van der Waals surface area contributed by atoms with E-state index in [4.69, 9.17) is 0 Å². The maximum absolute atomic E-state index is 2.78. The van der Waals surface area contributed by atoms with E-state index >= 15 is 0 Å². The Kier molecular flexibility index (Phi) is 22.3. The van der Waals surface area contributed by atoms with Crippen molar-refractivity contribution in [3.8, 4) is 0 Å². The Hall–Kier alpha value is -5.20. The lowest BCUT2D eigenvalue weighted by Crippen LogP contribution is -2.36. The summed E-state index contributed by atoms with van der Waals surface area (Å²) in [5.41, 5.74) is 14.8. The maximum atomic E-state index is 2.78. The molecule has 0 bridgehead atoms. The highest BCUT2D eigenvalue weighted by atomic mass is 14.6. The van der Waals surface area contributed by atoms with Crippen molar-refractivity contribution in [2.45, 2.75) is 228 Å². The molecule has 0 aromatic heterocycles. The fraction of sp³-hybridized carbons (Fsp3) is 0.623. The van der Waals surface area contributed by atoms with Gasteiger partial charge in [0.1, 0.15) is 0 Å². The molecule has 18 aliphatic rings. The van der Waals surface area contributed by atoms with E-state index in [-0.39, 0.29) is 10.8 Å². The molecule has 8 saturated carbocycles. The lowest BCUT2D eigenvalue weighted by Gasteiger charge is -2.48. The number of allylic oxidation sites excluding steroid dienone is 40. The topological polar surface area (TPSA) is 0 Å². The van der Waals surface area contributed by atoms with Crippen molar-refractivity contribution in [2.24, 2.45) is 186 Å². The van der Waals surface area contributed by atoms with Crippen molar-refractivity contribution >= 4 is 0 Å². The van der Waals surface area contributed by atoms with Gasteiger partial charge in [-0.15, -0.1) is 0 Å². The van der Waals surface area contributed by atoms with Gasteiger partial charge >= 0.3 is 0 Å². The van der Waals surface area contributed by atoms with E-state index in [2.05, 4.69) is 333 Å². The van der Waals surface area contributed by atoms with Gasteiger partial charge in [-0.2, -0.15) is 0 Å². The summed E-state index contributed by atoms with van der Waals surface area (Å²) < 4.78 is 0. The second-order valence-corrected chi connectivity index (χ2v) is 42.6. The zero-order chi connectivity index (χ0) is 75.2. The Morgan fingerprint density at radius 1 is 0.292 bits per heavy atom. The second kappa shape index (κ2) is 30.5. The van der Waals surface area contributed by atoms with E-state index in [0.717, 1.165) is 107 Å². The molecule has 0 heterocycles. The van der Waals surface area contributed by atoms with Gasteiger partial charge in [0, 0.05) is 0 Å². The van der Waals surface area contributed by atoms with Crippen LogP contribution in [0.25, 0.3) is 0 Å². The number of hydrogen-bond donors (Lipinski definition) is 0. The molecule has 0 aromatic rings. The number of fused-ring (bicyclic) bond motifs is 17. The van der Waals surface area contributed by atoms with Gasteiger partial charge in [-0.1, -0.05) is 389 Å². The molecule has 0 spiro atoms. The summed E-state index contributed by atoms with van der Waals surface area (Å²) in [6, 6.07) is 0. The molecule has 0 nitrogen and oxygen atoms in total. The van der Waals surface area contributed by atoms with Crippen LogP contribution in [0.5, 0.6) is 0 Å². The van der Waals surface area contributed by atoms with Crippen LogP contribution in [-0.2, 0) is 0 Å². The van der Waals surface area contributed by atoms with Crippen LogP contribution in [-0.4, -0.2) is 0 Å². The third kappa shape index (κ3) is 15.1. The average molecular weight is 1420 g/mol. The summed E-state index contributed by atoms with van der Waals surface area (Å²) in [5, 5.41) is 0. The minimum atomic E-state index is 0.261. The van der Waals surface area contributed by atoms with Crippen LogP contribution in [0, 0.1) is 186 Å². The lowest BCUT2D eigenvalue weighted by molar-refractivity contribution is 0.244. The smallest absolute Gasteiger partial charge is 0.00925 e. The Morgan fingerprint density at radius 2 is 0.566 bits per heavy atom. The van der Waals surface area contributed by atoms with Crippen LogP contribution in [0.4, 0.5) is 0 Å². The normalized spacial score (nSPS) is 41.1. The van der Waals surface area contributed by atoms with E-state index in [0.29, 0.717) is 69.0 Å². The second-order valence-electron chi connectivity index (χ2n) is 42.6. The highest BCUT2D eigenvalue weighted by molar-refractivity contribution is 5.52. The van der Waals surface area contributed by atoms with E-state index in [9.17, 15) is 0 Å². The van der Waals surface area contributed by atoms with Crippen LogP contribution in [0.2, 0.25) is 0 Å². The van der Waals surface area contributed by atoms with Crippen molar-refractivity contribution in [3.63, 3.8) is 0 Å². The SMILES string of the molecule is CC1C2C=C(C(C)(C)C)C=CC2C2C=CC(C(C)(C)C)=CC12.CC1C2C=C3C(=CC2C2C=C4C(=CC12)C(C)(C)CCC4(C)C)C(C)(C)CCC3(C)C.CC1C2C=CC=CC2C2C=CC(CC3CCCC3)=CC12.CC1C2C=CC=CC2C2C=CC=CC12.CCCCCCC1=CC2C(C)C3C=CC=CC3C2C=C1. The first-order chi connectivity index (χ1) is 50.3. The third-order valence-corrected chi connectivity index (χ3v) is 32.2. The van der Waals surface area contributed by atoms with Gasteiger partial charge in [0.15, 0.2) is 0 Å². The third-order valence-electron chi connectivity index (χ3n) is 32.2. The predicted octanol–water partition coefficient (Wildman–Crippen LogP) is 29.1. The average Bonchev–Trinajstić information content (AvgIpc) is 1.50. The highest BCUT2D eigenvalue weighted by Gasteiger charge is 2.55. The summed E-state index contributed by atoms with van der Waals surface area (Å²) in [5.74, 6) is 19.5. The van der Waals surface area contributed by atoms with Gasteiger partial charge in [-0.25, -0.2) is 0 Å². The first-order valence-corrected chi connectivity index (χ1v) is 44.2. The van der Waals surface area contributed by atoms with E-state index in [1.807, 2.05) is 0 Å². The minimum Gasteiger partial charge on any atom is -0.0805 e. The lowest BCUT2D eigenvalue weighted by atomic mass is 9.56. The molecule has 0 saturated heterocycles. The number of hydrogen-bond acceptors (Lipinski definition) is 0. The minimum absolute atomic E-state index is 0.261. The maximum Gasteiger partial charge on any atom is -0.00925 e. The zero-order valence-corrected chi connectivity index (χ0v) is 70.4. The summed E-state index contributed by atoms with van der Waals surface area (Å²) in [4.78, 5) is 0. The molecule has 0 radical (unpaired) electrons.